The Bertz CT molecular complexity index is 411. The van der Waals surface area contributed by atoms with Crippen molar-refractivity contribution >= 4 is 0 Å². The lowest BCUT2D eigenvalue weighted by molar-refractivity contribution is 0.197. The number of piperidine rings is 1. The van der Waals surface area contributed by atoms with Crippen molar-refractivity contribution in [2.45, 2.75) is 38.8 Å². The molecule has 3 heteroatoms. The first-order valence-electron chi connectivity index (χ1n) is 7.26. The first-order valence-corrected chi connectivity index (χ1v) is 7.26. The molecule has 0 bridgehead atoms. The van der Waals surface area contributed by atoms with Crippen LogP contribution in [0.4, 0.5) is 0 Å². The van der Waals surface area contributed by atoms with E-state index < -0.39 is 0 Å². The lowest BCUT2D eigenvalue weighted by atomic mass is 10.0. The molecule has 0 aromatic heterocycles. The summed E-state index contributed by atoms with van der Waals surface area (Å²) < 4.78 is 0. The number of nitrogens with zero attached hydrogens (tertiary/aromatic N) is 2. The highest BCUT2D eigenvalue weighted by Gasteiger charge is 2.17. The average Bonchev–Trinajstić information content (AvgIpc) is 2.47. The molecule has 0 unspecified atom stereocenters. The zero-order valence-electron chi connectivity index (χ0n) is 11.7. The fourth-order valence-electron chi connectivity index (χ4n) is 2.64. The van der Waals surface area contributed by atoms with Gasteiger partial charge in [-0.05, 0) is 56.6 Å². The summed E-state index contributed by atoms with van der Waals surface area (Å²) in [4.78, 5) is 2.56. The summed E-state index contributed by atoms with van der Waals surface area (Å²) in [6.45, 7) is 6.83. The Kier molecular flexibility index (Phi) is 5.38. The minimum absolute atomic E-state index is 0.642. The van der Waals surface area contributed by atoms with Crippen LogP contribution < -0.4 is 5.32 Å². The maximum Gasteiger partial charge on any atom is 0.0991 e. The largest absolute Gasteiger partial charge is 0.310 e. The number of benzene rings is 1. The molecule has 0 spiro atoms. The Morgan fingerprint density at radius 1 is 1.26 bits per heavy atom. The molecule has 102 valence electrons. The smallest absolute Gasteiger partial charge is 0.0991 e. The van der Waals surface area contributed by atoms with Gasteiger partial charge in [-0.1, -0.05) is 19.1 Å². The van der Waals surface area contributed by atoms with E-state index in [1.165, 1.54) is 44.5 Å². The van der Waals surface area contributed by atoms with Gasteiger partial charge in [0.15, 0.2) is 0 Å². The van der Waals surface area contributed by atoms with Gasteiger partial charge in [0.2, 0.25) is 0 Å². The van der Waals surface area contributed by atoms with E-state index in [4.69, 9.17) is 5.26 Å². The van der Waals surface area contributed by atoms with E-state index in [2.05, 4.69) is 23.2 Å². The third kappa shape index (κ3) is 4.34. The minimum Gasteiger partial charge on any atom is -0.310 e. The summed E-state index contributed by atoms with van der Waals surface area (Å²) in [6, 6.07) is 10.7. The van der Waals surface area contributed by atoms with Crippen molar-refractivity contribution < 1.29 is 0 Å². The Balaban J connectivity index is 1.73. The Morgan fingerprint density at radius 2 is 1.95 bits per heavy atom. The van der Waals surface area contributed by atoms with Gasteiger partial charge in [0, 0.05) is 12.6 Å². The first-order chi connectivity index (χ1) is 9.31. The fraction of sp³-hybridized carbons (Fsp3) is 0.562. The molecular weight excluding hydrogens is 234 g/mol. The fourth-order valence-corrected chi connectivity index (χ4v) is 2.64. The first kappa shape index (κ1) is 14.0. The van der Waals surface area contributed by atoms with Crippen molar-refractivity contribution in [3.05, 3.63) is 35.4 Å². The van der Waals surface area contributed by atoms with Gasteiger partial charge in [-0.2, -0.15) is 5.26 Å². The van der Waals surface area contributed by atoms with E-state index in [9.17, 15) is 0 Å². The lowest BCUT2D eigenvalue weighted by Crippen LogP contribution is -2.42. The monoisotopic (exact) mass is 257 g/mol. The molecule has 1 heterocycles. The summed E-state index contributed by atoms with van der Waals surface area (Å²) in [6.07, 6.45) is 3.75. The third-order valence-corrected chi connectivity index (χ3v) is 3.81. The molecule has 0 aliphatic carbocycles. The molecule has 1 fully saturated rings. The number of likely N-dealkylation sites (tertiary alicyclic amines) is 1. The quantitative estimate of drug-likeness (QED) is 0.881. The Labute approximate surface area is 116 Å². The number of hydrogen-bond acceptors (Lipinski definition) is 3. The van der Waals surface area contributed by atoms with Crippen LogP contribution in [0.5, 0.6) is 0 Å². The average molecular weight is 257 g/mol. The molecule has 1 saturated heterocycles. The van der Waals surface area contributed by atoms with Gasteiger partial charge in [-0.25, -0.2) is 0 Å². The third-order valence-electron chi connectivity index (χ3n) is 3.81. The van der Waals surface area contributed by atoms with E-state index in [0.29, 0.717) is 6.04 Å². The van der Waals surface area contributed by atoms with Gasteiger partial charge < -0.3 is 10.2 Å². The van der Waals surface area contributed by atoms with Crippen molar-refractivity contribution in [1.29, 1.82) is 5.26 Å². The SMILES string of the molecule is CCCN1CCC(NCc2ccc(C#N)cc2)CC1. The van der Waals surface area contributed by atoms with Crippen molar-refractivity contribution in [2.24, 2.45) is 0 Å². The van der Waals surface area contributed by atoms with Crippen LogP contribution in [0.3, 0.4) is 0 Å². The maximum atomic E-state index is 8.76. The van der Waals surface area contributed by atoms with Crippen LogP contribution in [0.2, 0.25) is 0 Å². The van der Waals surface area contributed by atoms with Crippen molar-refractivity contribution in [2.75, 3.05) is 19.6 Å². The summed E-state index contributed by atoms with van der Waals surface area (Å²) in [5.74, 6) is 0. The Morgan fingerprint density at radius 3 is 2.53 bits per heavy atom. The van der Waals surface area contributed by atoms with E-state index in [1.54, 1.807) is 0 Å². The van der Waals surface area contributed by atoms with E-state index in [1.807, 2.05) is 24.3 Å². The van der Waals surface area contributed by atoms with Crippen LogP contribution in [0.1, 0.15) is 37.3 Å². The normalized spacial score (nSPS) is 17.3. The van der Waals surface area contributed by atoms with Gasteiger partial charge in [-0.3, -0.25) is 0 Å². The van der Waals surface area contributed by atoms with Crippen LogP contribution in [-0.4, -0.2) is 30.6 Å². The number of nitrogens with one attached hydrogen (secondary N) is 1. The molecule has 1 aliphatic heterocycles. The number of hydrogen-bond donors (Lipinski definition) is 1. The minimum atomic E-state index is 0.642. The molecule has 19 heavy (non-hydrogen) atoms. The maximum absolute atomic E-state index is 8.76. The highest BCUT2D eigenvalue weighted by atomic mass is 15.1. The van der Waals surface area contributed by atoms with Crippen LogP contribution in [-0.2, 0) is 6.54 Å². The number of rotatable bonds is 5. The molecule has 1 aromatic rings. The van der Waals surface area contributed by atoms with Crippen LogP contribution in [0.15, 0.2) is 24.3 Å². The standard InChI is InChI=1S/C16H23N3/c1-2-9-19-10-7-16(8-11-19)18-13-15-5-3-14(12-17)4-6-15/h3-6,16,18H,2,7-11,13H2,1H3. The van der Waals surface area contributed by atoms with Gasteiger partial charge >= 0.3 is 0 Å². The predicted molar refractivity (Wildman–Crippen MR) is 77.7 cm³/mol. The second-order valence-corrected chi connectivity index (χ2v) is 5.31. The molecule has 3 nitrogen and oxygen atoms in total. The molecule has 1 aliphatic rings. The molecule has 0 amide bonds. The van der Waals surface area contributed by atoms with Crippen LogP contribution in [0, 0.1) is 11.3 Å². The van der Waals surface area contributed by atoms with Crippen LogP contribution >= 0.6 is 0 Å². The van der Waals surface area contributed by atoms with Crippen LogP contribution in [0.25, 0.3) is 0 Å². The van der Waals surface area contributed by atoms with Crippen molar-refractivity contribution in [3.8, 4) is 6.07 Å². The van der Waals surface area contributed by atoms with Gasteiger partial charge in [0.25, 0.3) is 0 Å². The Hall–Kier alpha value is -1.37. The molecule has 1 N–H and O–H groups in total. The van der Waals surface area contributed by atoms with Crippen molar-refractivity contribution in [1.82, 2.24) is 10.2 Å². The summed E-state index contributed by atoms with van der Waals surface area (Å²) in [5.41, 5.74) is 1.99. The summed E-state index contributed by atoms with van der Waals surface area (Å²) >= 11 is 0. The van der Waals surface area contributed by atoms with Gasteiger partial charge in [0.05, 0.1) is 11.6 Å². The van der Waals surface area contributed by atoms with E-state index in [-0.39, 0.29) is 0 Å². The van der Waals surface area contributed by atoms with E-state index in [0.717, 1.165) is 12.1 Å². The molecule has 0 saturated carbocycles. The molecule has 1 aromatic carbocycles. The van der Waals surface area contributed by atoms with Crippen molar-refractivity contribution in [3.63, 3.8) is 0 Å². The summed E-state index contributed by atoms with van der Waals surface area (Å²) in [5, 5.41) is 12.4. The number of nitriles is 1. The lowest BCUT2D eigenvalue weighted by Gasteiger charge is -2.32. The molecular formula is C16H23N3. The second-order valence-electron chi connectivity index (χ2n) is 5.31. The highest BCUT2D eigenvalue weighted by Crippen LogP contribution is 2.11. The van der Waals surface area contributed by atoms with E-state index >= 15 is 0 Å². The van der Waals surface area contributed by atoms with Gasteiger partial charge in [0.1, 0.15) is 0 Å². The molecule has 0 atom stereocenters. The zero-order chi connectivity index (χ0) is 13.5. The predicted octanol–water partition coefficient (Wildman–Crippen LogP) is 2.52. The molecule has 0 radical (unpaired) electrons. The molecule has 2 rings (SSSR count). The topological polar surface area (TPSA) is 39.1 Å². The summed E-state index contributed by atoms with van der Waals surface area (Å²) in [7, 11) is 0. The highest BCUT2D eigenvalue weighted by molar-refractivity contribution is 5.31. The second kappa shape index (κ2) is 7.28. The zero-order valence-corrected chi connectivity index (χ0v) is 11.7. The van der Waals surface area contributed by atoms with Gasteiger partial charge in [-0.15, -0.1) is 0 Å².